The molecule has 2 rings (SSSR count). The van der Waals surface area contributed by atoms with Gasteiger partial charge in [-0.1, -0.05) is 6.07 Å². The number of rotatable bonds is 7. The van der Waals surface area contributed by atoms with Gasteiger partial charge in [-0.2, -0.15) is 0 Å². The summed E-state index contributed by atoms with van der Waals surface area (Å²) >= 11 is 0. The van der Waals surface area contributed by atoms with Crippen molar-refractivity contribution < 1.29 is 14.3 Å². The Morgan fingerprint density at radius 2 is 1.60 bits per heavy atom. The average Bonchev–Trinajstić information content (AvgIpc) is 2.54. The number of hydrogen-bond acceptors (Lipinski definition) is 4. The lowest BCUT2D eigenvalue weighted by molar-refractivity contribution is -0.115. The molecule has 2 aromatic rings. The lowest BCUT2D eigenvalue weighted by atomic mass is 10.1. The molecule has 0 radical (unpaired) electrons. The van der Waals surface area contributed by atoms with Gasteiger partial charge in [0.25, 0.3) is 0 Å². The molecule has 0 saturated carbocycles. The van der Waals surface area contributed by atoms with Gasteiger partial charge in [0.1, 0.15) is 0 Å². The van der Waals surface area contributed by atoms with E-state index in [-0.39, 0.29) is 11.9 Å². The number of amides is 1. The van der Waals surface area contributed by atoms with Gasteiger partial charge in [-0.25, -0.2) is 4.79 Å². The molecular formula is C20H24N2O3. The molecule has 0 spiro atoms. The van der Waals surface area contributed by atoms with E-state index in [0.29, 0.717) is 25.1 Å². The highest BCUT2D eigenvalue weighted by Gasteiger charge is 2.06. The van der Waals surface area contributed by atoms with E-state index in [4.69, 9.17) is 4.74 Å². The third kappa shape index (κ3) is 5.95. The third-order valence-corrected chi connectivity index (χ3v) is 3.58. The van der Waals surface area contributed by atoms with Crippen LogP contribution in [0.4, 0.5) is 11.4 Å². The Morgan fingerprint density at radius 1 is 0.960 bits per heavy atom. The van der Waals surface area contributed by atoms with Gasteiger partial charge in [0.2, 0.25) is 5.91 Å². The van der Waals surface area contributed by atoms with Gasteiger partial charge in [0, 0.05) is 24.3 Å². The Morgan fingerprint density at radius 3 is 2.20 bits per heavy atom. The van der Waals surface area contributed by atoms with E-state index >= 15 is 0 Å². The van der Waals surface area contributed by atoms with Crippen molar-refractivity contribution in [3.05, 3.63) is 59.2 Å². The Hall–Kier alpha value is -2.82. The Labute approximate surface area is 148 Å². The highest BCUT2D eigenvalue weighted by Crippen LogP contribution is 2.14. The Bertz CT molecular complexity index is 719. The van der Waals surface area contributed by atoms with Crippen LogP contribution in [0, 0.1) is 13.8 Å². The van der Waals surface area contributed by atoms with Gasteiger partial charge in [-0.05, 0) is 68.3 Å². The summed E-state index contributed by atoms with van der Waals surface area (Å²) in [7, 11) is 0. The lowest BCUT2D eigenvalue weighted by Gasteiger charge is -2.09. The molecule has 0 aromatic heterocycles. The van der Waals surface area contributed by atoms with Gasteiger partial charge in [0.15, 0.2) is 0 Å². The molecule has 0 atom stereocenters. The summed E-state index contributed by atoms with van der Waals surface area (Å²) in [6.45, 7) is 6.65. The highest BCUT2D eigenvalue weighted by molar-refractivity contribution is 5.91. The molecule has 0 aliphatic carbocycles. The second kappa shape index (κ2) is 8.87. The summed E-state index contributed by atoms with van der Waals surface area (Å²) in [4.78, 5) is 23.6. The first-order valence-corrected chi connectivity index (χ1v) is 8.37. The molecule has 1 amide bonds. The van der Waals surface area contributed by atoms with E-state index < -0.39 is 0 Å². The number of aryl methyl sites for hydroxylation is 2. The Balaban J connectivity index is 1.80. The maximum atomic E-state index is 12.0. The summed E-state index contributed by atoms with van der Waals surface area (Å²) in [6, 6.07) is 13.0. The van der Waals surface area contributed by atoms with Crippen molar-refractivity contribution >= 4 is 23.3 Å². The molecule has 0 heterocycles. The molecule has 0 saturated heterocycles. The fourth-order valence-corrected chi connectivity index (χ4v) is 2.53. The van der Waals surface area contributed by atoms with Gasteiger partial charge in [0.05, 0.1) is 12.2 Å². The quantitative estimate of drug-likeness (QED) is 0.750. The zero-order chi connectivity index (χ0) is 18.2. The maximum absolute atomic E-state index is 12.0. The molecule has 0 unspecified atom stereocenters. The number of esters is 1. The van der Waals surface area contributed by atoms with E-state index in [1.165, 1.54) is 0 Å². The van der Waals surface area contributed by atoms with Crippen molar-refractivity contribution in [3.8, 4) is 0 Å². The van der Waals surface area contributed by atoms with Crippen LogP contribution in [0.15, 0.2) is 42.5 Å². The van der Waals surface area contributed by atoms with Crippen LogP contribution in [0.3, 0.4) is 0 Å². The number of ether oxygens (including phenoxy) is 1. The number of hydrogen-bond donors (Lipinski definition) is 2. The van der Waals surface area contributed by atoms with Crippen LogP contribution in [0.1, 0.15) is 34.8 Å². The SMILES string of the molecule is CCOC(=O)c1ccc(NCCC(=O)Nc2cc(C)cc(C)c2)cc1. The molecule has 5 heteroatoms. The fraction of sp³-hybridized carbons (Fsp3) is 0.300. The van der Waals surface area contributed by atoms with Crippen LogP contribution in [-0.4, -0.2) is 25.0 Å². The van der Waals surface area contributed by atoms with E-state index in [1.54, 1.807) is 31.2 Å². The molecule has 2 aromatic carbocycles. The number of anilines is 2. The lowest BCUT2D eigenvalue weighted by Crippen LogP contribution is -2.16. The normalized spacial score (nSPS) is 10.2. The third-order valence-electron chi connectivity index (χ3n) is 3.58. The summed E-state index contributed by atoms with van der Waals surface area (Å²) in [5, 5.41) is 6.08. The molecule has 5 nitrogen and oxygen atoms in total. The topological polar surface area (TPSA) is 67.4 Å². The zero-order valence-corrected chi connectivity index (χ0v) is 14.9. The van der Waals surface area contributed by atoms with E-state index in [0.717, 1.165) is 22.5 Å². The van der Waals surface area contributed by atoms with Gasteiger partial charge in [-0.15, -0.1) is 0 Å². The van der Waals surface area contributed by atoms with Crippen LogP contribution in [-0.2, 0) is 9.53 Å². The van der Waals surface area contributed by atoms with Crippen molar-refractivity contribution in [2.75, 3.05) is 23.8 Å². The maximum Gasteiger partial charge on any atom is 0.338 e. The van der Waals surface area contributed by atoms with Crippen LogP contribution >= 0.6 is 0 Å². The monoisotopic (exact) mass is 340 g/mol. The summed E-state index contributed by atoms with van der Waals surface area (Å²) in [5.74, 6) is -0.373. The first-order chi connectivity index (χ1) is 12.0. The molecule has 0 fully saturated rings. The van der Waals surface area contributed by atoms with Gasteiger partial charge < -0.3 is 15.4 Å². The first-order valence-electron chi connectivity index (χ1n) is 8.37. The summed E-state index contributed by atoms with van der Waals surface area (Å²) in [5.41, 5.74) is 4.43. The van der Waals surface area contributed by atoms with Crippen LogP contribution < -0.4 is 10.6 Å². The smallest absolute Gasteiger partial charge is 0.338 e. The van der Waals surface area contributed by atoms with Gasteiger partial charge >= 0.3 is 5.97 Å². The zero-order valence-electron chi connectivity index (χ0n) is 14.9. The van der Waals surface area contributed by atoms with Crippen molar-refractivity contribution in [2.24, 2.45) is 0 Å². The van der Waals surface area contributed by atoms with E-state index in [1.807, 2.05) is 26.0 Å². The van der Waals surface area contributed by atoms with Crippen LogP contribution in [0.5, 0.6) is 0 Å². The first kappa shape index (κ1) is 18.5. The summed E-state index contributed by atoms with van der Waals surface area (Å²) in [6.07, 6.45) is 0.354. The fourth-order valence-electron chi connectivity index (χ4n) is 2.53. The molecule has 132 valence electrons. The second-order valence-electron chi connectivity index (χ2n) is 5.90. The number of carbonyl (C=O) groups is 2. The minimum Gasteiger partial charge on any atom is -0.462 e. The standard InChI is InChI=1S/C20H24N2O3/c1-4-25-20(24)16-5-7-17(8-6-16)21-10-9-19(23)22-18-12-14(2)11-15(3)13-18/h5-8,11-13,21H,4,9-10H2,1-3H3,(H,22,23). The van der Waals surface area contributed by atoms with Crippen LogP contribution in [0.25, 0.3) is 0 Å². The minimum absolute atomic E-state index is 0.0411. The van der Waals surface area contributed by atoms with Crippen molar-refractivity contribution in [3.63, 3.8) is 0 Å². The number of benzene rings is 2. The molecule has 2 N–H and O–H groups in total. The molecule has 25 heavy (non-hydrogen) atoms. The second-order valence-corrected chi connectivity index (χ2v) is 5.90. The average molecular weight is 340 g/mol. The van der Waals surface area contributed by atoms with Crippen LogP contribution in [0.2, 0.25) is 0 Å². The molecule has 0 aliphatic heterocycles. The minimum atomic E-state index is -0.332. The predicted octanol–water partition coefficient (Wildman–Crippen LogP) is 3.92. The molecule has 0 aliphatic rings. The van der Waals surface area contributed by atoms with E-state index in [9.17, 15) is 9.59 Å². The van der Waals surface area contributed by atoms with E-state index in [2.05, 4.69) is 16.7 Å². The number of carbonyl (C=O) groups excluding carboxylic acids is 2. The molecule has 0 bridgehead atoms. The Kier molecular flexibility index (Phi) is 6.57. The molecular weight excluding hydrogens is 316 g/mol. The van der Waals surface area contributed by atoms with Gasteiger partial charge in [-0.3, -0.25) is 4.79 Å². The largest absolute Gasteiger partial charge is 0.462 e. The summed E-state index contributed by atoms with van der Waals surface area (Å²) < 4.78 is 4.94. The number of nitrogens with one attached hydrogen (secondary N) is 2. The highest BCUT2D eigenvalue weighted by atomic mass is 16.5. The van der Waals surface area contributed by atoms with Crippen molar-refractivity contribution in [2.45, 2.75) is 27.2 Å². The van der Waals surface area contributed by atoms with Crippen molar-refractivity contribution in [1.29, 1.82) is 0 Å². The van der Waals surface area contributed by atoms with Crippen molar-refractivity contribution in [1.82, 2.24) is 0 Å². The predicted molar refractivity (Wildman–Crippen MR) is 100 cm³/mol.